The maximum absolute atomic E-state index is 2.38. The standard InChI is InChI=1S/C16H24/c1-6-15-11-14(5)13(4)9-7-8-10-16(15)12(2)3/h7-13H,6H2,1-5H3. The van der Waals surface area contributed by atoms with Gasteiger partial charge >= 0.3 is 0 Å². The van der Waals surface area contributed by atoms with Crippen LogP contribution in [0.15, 0.2) is 47.1 Å². The van der Waals surface area contributed by atoms with Crippen LogP contribution >= 0.6 is 0 Å². The molecule has 1 aliphatic rings. The van der Waals surface area contributed by atoms with Gasteiger partial charge in [0.15, 0.2) is 0 Å². The monoisotopic (exact) mass is 216 g/mol. The third-order valence-electron chi connectivity index (χ3n) is 3.28. The van der Waals surface area contributed by atoms with Gasteiger partial charge in [0.1, 0.15) is 0 Å². The van der Waals surface area contributed by atoms with Gasteiger partial charge < -0.3 is 0 Å². The van der Waals surface area contributed by atoms with Gasteiger partial charge in [0, 0.05) is 0 Å². The molecular weight excluding hydrogens is 192 g/mol. The molecule has 0 spiro atoms. The summed E-state index contributed by atoms with van der Waals surface area (Å²) in [5.74, 6) is 1.13. The van der Waals surface area contributed by atoms with E-state index in [2.05, 4.69) is 65.0 Å². The highest BCUT2D eigenvalue weighted by Gasteiger charge is 2.08. The number of allylic oxidation sites excluding steroid dienone is 8. The Morgan fingerprint density at radius 3 is 2.50 bits per heavy atom. The third kappa shape index (κ3) is 3.23. The van der Waals surface area contributed by atoms with Crippen LogP contribution in [-0.2, 0) is 0 Å². The Bertz CT molecular complexity index is 348. The van der Waals surface area contributed by atoms with E-state index in [9.17, 15) is 0 Å². The number of hydrogen-bond acceptors (Lipinski definition) is 0. The van der Waals surface area contributed by atoms with E-state index in [0.29, 0.717) is 11.8 Å². The molecule has 1 atom stereocenters. The van der Waals surface area contributed by atoms with Crippen LogP contribution in [0.1, 0.15) is 41.0 Å². The molecule has 0 fully saturated rings. The lowest BCUT2D eigenvalue weighted by atomic mass is 9.92. The molecule has 0 heteroatoms. The summed E-state index contributed by atoms with van der Waals surface area (Å²) in [5, 5.41) is 0. The minimum Gasteiger partial charge on any atom is -0.0776 e. The predicted molar refractivity (Wildman–Crippen MR) is 73.4 cm³/mol. The first-order valence-electron chi connectivity index (χ1n) is 6.32. The van der Waals surface area contributed by atoms with E-state index in [-0.39, 0.29) is 0 Å². The molecule has 0 heterocycles. The highest BCUT2D eigenvalue weighted by atomic mass is 14.1. The zero-order valence-corrected chi connectivity index (χ0v) is 11.2. The summed E-state index contributed by atoms with van der Waals surface area (Å²) in [6, 6.07) is 0. The first-order valence-corrected chi connectivity index (χ1v) is 6.32. The smallest absolute Gasteiger partial charge is 0.00481 e. The highest BCUT2D eigenvalue weighted by molar-refractivity contribution is 5.39. The van der Waals surface area contributed by atoms with Crippen LogP contribution in [0.2, 0.25) is 0 Å². The first-order chi connectivity index (χ1) is 7.56. The summed E-state index contributed by atoms with van der Waals surface area (Å²) in [6.07, 6.45) is 12.4. The lowest BCUT2D eigenvalue weighted by Gasteiger charge is -2.13. The van der Waals surface area contributed by atoms with Crippen LogP contribution in [0.4, 0.5) is 0 Å². The topological polar surface area (TPSA) is 0 Å². The molecule has 1 unspecified atom stereocenters. The van der Waals surface area contributed by atoms with Crippen molar-refractivity contribution in [3.63, 3.8) is 0 Å². The predicted octanol–water partition coefficient (Wildman–Crippen LogP) is 5.06. The van der Waals surface area contributed by atoms with Crippen LogP contribution in [-0.4, -0.2) is 0 Å². The lowest BCUT2D eigenvalue weighted by molar-refractivity contribution is 0.775. The molecule has 0 aromatic heterocycles. The average molecular weight is 216 g/mol. The van der Waals surface area contributed by atoms with Gasteiger partial charge in [-0.3, -0.25) is 0 Å². The minimum absolute atomic E-state index is 0.540. The van der Waals surface area contributed by atoms with Crippen molar-refractivity contribution in [3.8, 4) is 0 Å². The zero-order valence-electron chi connectivity index (χ0n) is 11.2. The van der Waals surface area contributed by atoms with Gasteiger partial charge in [-0.15, -0.1) is 0 Å². The molecule has 0 saturated carbocycles. The molecule has 0 aromatic carbocycles. The summed E-state index contributed by atoms with van der Waals surface area (Å²) in [5.41, 5.74) is 4.41. The van der Waals surface area contributed by atoms with Crippen molar-refractivity contribution in [2.75, 3.05) is 0 Å². The third-order valence-corrected chi connectivity index (χ3v) is 3.28. The van der Waals surface area contributed by atoms with Crippen molar-refractivity contribution in [3.05, 3.63) is 47.1 Å². The fraction of sp³-hybridized carbons (Fsp3) is 0.500. The highest BCUT2D eigenvalue weighted by Crippen LogP contribution is 2.24. The van der Waals surface area contributed by atoms with Crippen LogP contribution in [0.25, 0.3) is 0 Å². The molecule has 0 nitrogen and oxygen atoms in total. The van der Waals surface area contributed by atoms with Crippen molar-refractivity contribution < 1.29 is 0 Å². The van der Waals surface area contributed by atoms with Crippen molar-refractivity contribution in [1.29, 1.82) is 0 Å². The van der Waals surface area contributed by atoms with Crippen LogP contribution in [0.5, 0.6) is 0 Å². The van der Waals surface area contributed by atoms with E-state index in [1.165, 1.54) is 16.7 Å². The van der Waals surface area contributed by atoms with Gasteiger partial charge in [0.25, 0.3) is 0 Å². The molecule has 0 saturated heterocycles. The van der Waals surface area contributed by atoms with E-state index in [1.54, 1.807) is 0 Å². The normalized spacial score (nSPS) is 21.9. The molecule has 0 bridgehead atoms. The van der Waals surface area contributed by atoms with E-state index < -0.39 is 0 Å². The quantitative estimate of drug-likeness (QED) is 0.605. The summed E-state index contributed by atoms with van der Waals surface area (Å²) < 4.78 is 0. The lowest BCUT2D eigenvalue weighted by Crippen LogP contribution is -1.97. The minimum atomic E-state index is 0.540. The maximum atomic E-state index is 2.38. The van der Waals surface area contributed by atoms with Gasteiger partial charge in [-0.05, 0) is 36.3 Å². The van der Waals surface area contributed by atoms with Gasteiger partial charge in [-0.1, -0.05) is 63.6 Å². The van der Waals surface area contributed by atoms with Gasteiger partial charge in [0.05, 0.1) is 0 Å². The van der Waals surface area contributed by atoms with Crippen LogP contribution in [0.3, 0.4) is 0 Å². The van der Waals surface area contributed by atoms with Gasteiger partial charge in [-0.2, -0.15) is 0 Å². The first kappa shape index (κ1) is 13.0. The Balaban J connectivity index is 3.25. The van der Waals surface area contributed by atoms with E-state index in [0.717, 1.165) is 6.42 Å². The van der Waals surface area contributed by atoms with Crippen molar-refractivity contribution >= 4 is 0 Å². The molecule has 0 amide bonds. The second-order valence-corrected chi connectivity index (χ2v) is 4.91. The summed E-state index contributed by atoms with van der Waals surface area (Å²) >= 11 is 0. The van der Waals surface area contributed by atoms with Crippen molar-refractivity contribution in [1.82, 2.24) is 0 Å². The van der Waals surface area contributed by atoms with Crippen molar-refractivity contribution in [2.45, 2.75) is 41.0 Å². The van der Waals surface area contributed by atoms with Crippen LogP contribution < -0.4 is 0 Å². The van der Waals surface area contributed by atoms with E-state index >= 15 is 0 Å². The second kappa shape index (κ2) is 5.89. The Kier molecular flexibility index (Phi) is 4.79. The molecule has 1 aliphatic carbocycles. The van der Waals surface area contributed by atoms with E-state index in [4.69, 9.17) is 0 Å². The average Bonchev–Trinajstić information content (AvgIpc) is 2.30. The Morgan fingerprint density at radius 2 is 1.94 bits per heavy atom. The Labute approximate surface area is 100 Å². The Morgan fingerprint density at radius 1 is 1.25 bits per heavy atom. The van der Waals surface area contributed by atoms with Crippen LogP contribution in [0, 0.1) is 11.8 Å². The Hall–Kier alpha value is -1.04. The summed E-state index contributed by atoms with van der Waals surface area (Å²) in [6.45, 7) is 11.3. The zero-order chi connectivity index (χ0) is 12.1. The molecule has 16 heavy (non-hydrogen) atoms. The second-order valence-electron chi connectivity index (χ2n) is 4.91. The fourth-order valence-electron chi connectivity index (χ4n) is 2.01. The molecular formula is C16H24. The molecule has 88 valence electrons. The summed E-state index contributed by atoms with van der Waals surface area (Å²) in [4.78, 5) is 0. The number of hydrogen-bond donors (Lipinski definition) is 0. The van der Waals surface area contributed by atoms with Gasteiger partial charge in [-0.25, -0.2) is 0 Å². The largest absolute Gasteiger partial charge is 0.0776 e. The summed E-state index contributed by atoms with van der Waals surface area (Å²) in [7, 11) is 0. The van der Waals surface area contributed by atoms with Crippen molar-refractivity contribution in [2.24, 2.45) is 11.8 Å². The maximum Gasteiger partial charge on any atom is -0.00481 e. The van der Waals surface area contributed by atoms with E-state index in [1.807, 2.05) is 0 Å². The number of rotatable bonds is 2. The van der Waals surface area contributed by atoms with Gasteiger partial charge in [0.2, 0.25) is 0 Å². The molecule has 1 rings (SSSR count). The SMILES string of the molecule is CCC1=C(C(C)C)C=CC=CC(C)C(C)=C1. The molecule has 0 aliphatic heterocycles. The molecule has 0 N–H and O–H groups in total. The molecule has 0 aromatic rings. The fourth-order valence-corrected chi connectivity index (χ4v) is 2.01. The molecule has 0 radical (unpaired) electrons.